The summed E-state index contributed by atoms with van der Waals surface area (Å²) in [4.78, 5) is 4.09. The summed E-state index contributed by atoms with van der Waals surface area (Å²) in [6.07, 6.45) is 0. The average molecular weight is 225 g/mol. The molecule has 0 fully saturated rings. The van der Waals surface area contributed by atoms with Gasteiger partial charge < -0.3 is 16.8 Å². The minimum absolute atomic E-state index is 0.295. The lowest BCUT2D eigenvalue weighted by molar-refractivity contribution is 1.32. The molecule has 17 heavy (non-hydrogen) atoms. The quantitative estimate of drug-likeness (QED) is 0.724. The van der Waals surface area contributed by atoms with Crippen molar-refractivity contribution >= 4 is 23.0 Å². The number of benzene rings is 1. The Bertz CT molecular complexity index is 568. The van der Waals surface area contributed by atoms with Gasteiger partial charge in [-0.05, 0) is 36.4 Å². The van der Waals surface area contributed by atoms with Crippen LogP contribution >= 0.6 is 0 Å². The molecule has 0 aliphatic heterocycles. The Labute approximate surface area is 98.7 Å². The van der Waals surface area contributed by atoms with Gasteiger partial charge in [0, 0.05) is 5.69 Å². The van der Waals surface area contributed by atoms with Crippen molar-refractivity contribution in [1.29, 1.82) is 5.26 Å². The highest BCUT2D eigenvalue weighted by Crippen LogP contribution is 2.19. The van der Waals surface area contributed by atoms with Crippen LogP contribution in [0.3, 0.4) is 0 Å². The van der Waals surface area contributed by atoms with Crippen molar-refractivity contribution < 1.29 is 0 Å². The number of anilines is 4. The first-order valence-corrected chi connectivity index (χ1v) is 4.98. The third kappa shape index (κ3) is 2.44. The van der Waals surface area contributed by atoms with E-state index in [1.54, 1.807) is 36.4 Å². The first-order chi connectivity index (χ1) is 8.19. The third-order valence-electron chi connectivity index (χ3n) is 2.24. The highest BCUT2D eigenvalue weighted by Gasteiger charge is 2.00. The summed E-state index contributed by atoms with van der Waals surface area (Å²) in [5.74, 6) is 0.907. The minimum Gasteiger partial charge on any atom is -0.396 e. The number of nitrogens with one attached hydrogen (secondary N) is 1. The van der Waals surface area contributed by atoms with Gasteiger partial charge in [-0.15, -0.1) is 0 Å². The molecule has 1 aromatic heterocycles. The van der Waals surface area contributed by atoms with Crippen molar-refractivity contribution in [2.24, 2.45) is 0 Å². The average Bonchev–Trinajstić information content (AvgIpc) is 2.35. The number of nitrogens with zero attached hydrogens (tertiary/aromatic N) is 2. The summed E-state index contributed by atoms with van der Waals surface area (Å²) in [5.41, 5.74) is 13.1. The maximum Gasteiger partial charge on any atom is 0.149 e. The molecular weight excluding hydrogens is 214 g/mol. The van der Waals surface area contributed by atoms with Gasteiger partial charge in [0.2, 0.25) is 0 Å². The van der Waals surface area contributed by atoms with Crippen molar-refractivity contribution in [1.82, 2.24) is 4.98 Å². The molecule has 0 unspecified atom stereocenters. The molecule has 5 nitrogen and oxygen atoms in total. The van der Waals surface area contributed by atoms with E-state index in [1.807, 2.05) is 0 Å². The van der Waals surface area contributed by atoms with Crippen molar-refractivity contribution in [3.05, 3.63) is 42.0 Å². The van der Waals surface area contributed by atoms with Gasteiger partial charge in [-0.3, -0.25) is 0 Å². The van der Waals surface area contributed by atoms with E-state index >= 15 is 0 Å². The van der Waals surface area contributed by atoms with Gasteiger partial charge in [0.1, 0.15) is 11.6 Å². The fraction of sp³-hybridized carbons (Fsp3) is 0. The van der Waals surface area contributed by atoms with Crippen LogP contribution in [-0.4, -0.2) is 4.98 Å². The number of nitrogens with two attached hydrogens (primary N) is 2. The van der Waals surface area contributed by atoms with Crippen molar-refractivity contribution in [2.75, 3.05) is 16.8 Å². The van der Waals surface area contributed by atoms with E-state index in [0.717, 1.165) is 5.69 Å². The van der Waals surface area contributed by atoms with Crippen LogP contribution in [-0.2, 0) is 0 Å². The fourth-order valence-electron chi connectivity index (χ4n) is 1.33. The monoisotopic (exact) mass is 225 g/mol. The lowest BCUT2D eigenvalue weighted by atomic mass is 10.2. The van der Waals surface area contributed by atoms with Gasteiger partial charge in [-0.1, -0.05) is 0 Å². The van der Waals surface area contributed by atoms with Crippen LogP contribution in [0.15, 0.2) is 36.4 Å². The molecule has 2 aromatic rings. The van der Waals surface area contributed by atoms with Crippen LogP contribution in [0.1, 0.15) is 5.56 Å². The lowest BCUT2D eigenvalue weighted by Crippen LogP contribution is -2.00. The summed E-state index contributed by atoms with van der Waals surface area (Å²) in [7, 11) is 0. The van der Waals surface area contributed by atoms with Crippen LogP contribution < -0.4 is 16.8 Å². The molecule has 1 heterocycles. The molecule has 0 aliphatic carbocycles. The van der Waals surface area contributed by atoms with Crippen LogP contribution in [0.4, 0.5) is 23.0 Å². The lowest BCUT2D eigenvalue weighted by Gasteiger charge is -2.07. The Morgan fingerprint density at radius 1 is 1.06 bits per heavy atom. The van der Waals surface area contributed by atoms with Crippen LogP contribution in [0.5, 0.6) is 0 Å². The normalized spacial score (nSPS) is 9.59. The number of hydrogen-bond acceptors (Lipinski definition) is 5. The molecule has 0 saturated carbocycles. The third-order valence-corrected chi connectivity index (χ3v) is 2.24. The van der Waals surface area contributed by atoms with Crippen molar-refractivity contribution in [3.63, 3.8) is 0 Å². The van der Waals surface area contributed by atoms with Gasteiger partial charge in [0.15, 0.2) is 0 Å². The molecule has 0 radical (unpaired) electrons. The Morgan fingerprint density at radius 2 is 1.76 bits per heavy atom. The molecule has 0 amide bonds. The Kier molecular flexibility index (Phi) is 2.79. The molecule has 0 saturated heterocycles. The van der Waals surface area contributed by atoms with Gasteiger partial charge >= 0.3 is 0 Å². The van der Waals surface area contributed by atoms with Crippen LogP contribution in [0, 0.1) is 11.3 Å². The number of aromatic nitrogens is 1. The van der Waals surface area contributed by atoms with Crippen molar-refractivity contribution in [3.8, 4) is 6.07 Å². The van der Waals surface area contributed by atoms with Gasteiger partial charge in [-0.2, -0.15) is 5.26 Å². The highest BCUT2D eigenvalue weighted by atomic mass is 15.0. The largest absolute Gasteiger partial charge is 0.396 e. The second-order valence-electron chi connectivity index (χ2n) is 3.49. The molecule has 84 valence electrons. The number of hydrogen-bond donors (Lipinski definition) is 3. The molecule has 1 aromatic carbocycles. The number of nitrogen functional groups attached to an aromatic ring is 2. The van der Waals surface area contributed by atoms with E-state index in [2.05, 4.69) is 16.4 Å². The molecule has 0 aliphatic rings. The summed E-state index contributed by atoms with van der Waals surface area (Å²) in [6, 6.07) is 12.5. The van der Waals surface area contributed by atoms with E-state index < -0.39 is 0 Å². The van der Waals surface area contributed by atoms with E-state index in [0.29, 0.717) is 22.9 Å². The molecule has 0 atom stereocenters. The predicted octanol–water partition coefficient (Wildman–Crippen LogP) is 1.86. The molecule has 5 heteroatoms. The zero-order valence-corrected chi connectivity index (χ0v) is 9.01. The Morgan fingerprint density at radius 3 is 2.35 bits per heavy atom. The number of pyridine rings is 1. The second-order valence-corrected chi connectivity index (χ2v) is 3.49. The molecule has 5 N–H and O–H groups in total. The van der Waals surface area contributed by atoms with Crippen molar-refractivity contribution in [2.45, 2.75) is 0 Å². The summed E-state index contributed by atoms with van der Waals surface area (Å²) in [5, 5.41) is 11.7. The smallest absolute Gasteiger partial charge is 0.149 e. The molecule has 0 spiro atoms. The molecular formula is C12H11N5. The number of nitriles is 1. The summed E-state index contributed by atoms with van der Waals surface area (Å²) < 4.78 is 0. The zero-order valence-electron chi connectivity index (χ0n) is 9.01. The maximum atomic E-state index is 8.67. The summed E-state index contributed by atoms with van der Waals surface area (Å²) in [6.45, 7) is 0. The maximum absolute atomic E-state index is 8.67. The minimum atomic E-state index is 0.295. The first-order valence-electron chi connectivity index (χ1n) is 4.98. The Balaban J connectivity index is 2.20. The van der Waals surface area contributed by atoms with E-state index in [9.17, 15) is 0 Å². The van der Waals surface area contributed by atoms with E-state index in [4.69, 9.17) is 16.7 Å². The second kappa shape index (κ2) is 4.41. The van der Waals surface area contributed by atoms with Gasteiger partial charge in [0.05, 0.1) is 17.3 Å². The zero-order chi connectivity index (χ0) is 12.3. The standard InChI is InChI=1S/C12H11N5/c13-7-8-1-3-9(4-2-8)16-11-6-5-10(14)12(15)17-11/h1-6H,14H2,(H3,15,16,17). The number of rotatable bonds is 2. The topological polar surface area (TPSA) is 101 Å². The highest BCUT2D eigenvalue weighted by molar-refractivity contribution is 5.65. The van der Waals surface area contributed by atoms with E-state index in [-0.39, 0.29) is 0 Å². The van der Waals surface area contributed by atoms with Gasteiger partial charge in [-0.25, -0.2) is 4.98 Å². The Hall–Kier alpha value is -2.74. The first kappa shape index (κ1) is 10.8. The van der Waals surface area contributed by atoms with Crippen LogP contribution in [0.2, 0.25) is 0 Å². The van der Waals surface area contributed by atoms with Crippen LogP contribution in [0.25, 0.3) is 0 Å². The SMILES string of the molecule is N#Cc1ccc(Nc2ccc(N)c(N)n2)cc1. The molecule has 0 bridgehead atoms. The molecule has 2 rings (SSSR count). The fourth-order valence-corrected chi connectivity index (χ4v) is 1.33. The van der Waals surface area contributed by atoms with E-state index in [1.165, 1.54) is 0 Å². The predicted molar refractivity (Wildman–Crippen MR) is 67.5 cm³/mol. The summed E-state index contributed by atoms with van der Waals surface area (Å²) >= 11 is 0. The van der Waals surface area contributed by atoms with Gasteiger partial charge in [0.25, 0.3) is 0 Å².